The third-order valence-corrected chi connectivity index (χ3v) is 3.56. The molecule has 0 heterocycles. The lowest BCUT2D eigenvalue weighted by atomic mass is 10.0. The number of halogens is 1. The maximum atomic E-state index is 12.9. The second-order valence-corrected chi connectivity index (χ2v) is 5.24. The number of rotatable bonds is 5. The minimum absolute atomic E-state index is 0.115. The minimum Gasteiger partial charge on any atom is -0.494 e. The molecule has 2 aromatic carbocycles. The van der Waals surface area contributed by atoms with Crippen LogP contribution >= 0.6 is 0 Å². The fourth-order valence-electron chi connectivity index (χ4n) is 2.28. The molecule has 0 saturated carbocycles. The molecule has 0 aliphatic carbocycles. The van der Waals surface area contributed by atoms with Crippen LogP contribution in [0.5, 0.6) is 5.75 Å². The fraction of sp³-hybridized carbons (Fsp3) is 0.111. The first-order valence-corrected chi connectivity index (χ1v) is 7.34. The number of nitrogen functional groups attached to an aromatic ring is 2. The van der Waals surface area contributed by atoms with Crippen LogP contribution in [0.4, 0.5) is 15.8 Å². The molecule has 0 aliphatic heterocycles. The summed E-state index contributed by atoms with van der Waals surface area (Å²) < 4.78 is 23.4. The molecule has 0 fully saturated rings. The van der Waals surface area contributed by atoms with Crippen molar-refractivity contribution in [1.29, 1.82) is 10.8 Å². The van der Waals surface area contributed by atoms with Gasteiger partial charge < -0.3 is 20.9 Å². The van der Waals surface area contributed by atoms with Crippen LogP contribution in [0.15, 0.2) is 36.9 Å². The van der Waals surface area contributed by atoms with E-state index in [1.165, 1.54) is 25.3 Å². The number of nitrogens with two attached hydrogens (primary N) is 2. The smallest absolute Gasteiger partial charge is 0.224 e. The lowest BCUT2D eigenvalue weighted by Crippen LogP contribution is -2.16. The summed E-state index contributed by atoms with van der Waals surface area (Å²) >= 11 is 0. The van der Waals surface area contributed by atoms with Crippen molar-refractivity contribution < 1.29 is 13.9 Å². The van der Waals surface area contributed by atoms with E-state index in [2.05, 4.69) is 6.58 Å². The van der Waals surface area contributed by atoms with E-state index < -0.39 is 0 Å². The monoisotopic (exact) mass is 342 g/mol. The van der Waals surface area contributed by atoms with E-state index in [1.807, 2.05) is 0 Å². The van der Waals surface area contributed by atoms with Crippen LogP contribution in [0.2, 0.25) is 0 Å². The van der Waals surface area contributed by atoms with E-state index in [0.29, 0.717) is 16.8 Å². The Morgan fingerprint density at radius 2 is 1.84 bits per heavy atom. The van der Waals surface area contributed by atoms with Gasteiger partial charge in [-0.3, -0.25) is 10.8 Å². The second kappa shape index (κ2) is 7.48. The van der Waals surface area contributed by atoms with Gasteiger partial charge in [-0.15, -0.1) is 0 Å². The zero-order chi connectivity index (χ0) is 18.6. The first kappa shape index (κ1) is 18.0. The van der Waals surface area contributed by atoms with Crippen LogP contribution in [0.3, 0.4) is 0 Å². The quantitative estimate of drug-likeness (QED) is 0.379. The van der Waals surface area contributed by atoms with Gasteiger partial charge in [-0.1, -0.05) is 24.8 Å². The summed E-state index contributed by atoms with van der Waals surface area (Å²) in [6.45, 7) is 3.65. The molecule has 0 bridgehead atoms. The molecule has 0 saturated heterocycles. The van der Waals surface area contributed by atoms with Gasteiger partial charge in [-0.25, -0.2) is 4.39 Å². The summed E-state index contributed by atoms with van der Waals surface area (Å²) in [5.74, 6) is -0.640. The fourth-order valence-corrected chi connectivity index (χ4v) is 2.28. The summed E-state index contributed by atoms with van der Waals surface area (Å²) in [6, 6.07) is 7.26. The molecule has 0 atom stereocenters. The Kier molecular flexibility index (Phi) is 5.38. The highest BCUT2D eigenvalue weighted by atomic mass is 19.1. The van der Waals surface area contributed by atoms with Crippen LogP contribution in [-0.4, -0.2) is 18.9 Å². The van der Waals surface area contributed by atoms with Crippen molar-refractivity contribution in [1.82, 2.24) is 0 Å². The Morgan fingerprint density at radius 1 is 1.20 bits per heavy atom. The number of hydrogen-bond donors (Lipinski definition) is 4. The molecule has 130 valence electrons. The van der Waals surface area contributed by atoms with E-state index >= 15 is 0 Å². The van der Waals surface area contributed by atoms with E-state index in [9.17, 15) is 4.39 Å². The van der Waals surface area contributed by atoms with Gasteiger partial charge in [0.05, 0.1) is 24.0 Å². The number of hydrogen-bond acceptors (Lipinski definition) is 6. The molecule has 0 radical (unpaired) electrons. The van der Waals surface area contributed by atoms with E-state index in [1.54, 1.807) is 18.2 Å². The second-order valence-electron chi connectivity index (χ2n) is 5.24. The van der Waals surface area contributed by atoms with Gasteiger partial charge >= 0.3 is 0 Å². The summed E-state index contributed by atoms with van der Waals surface area (Å²) in [5, 5.41) is 16.0. The average Bonchev–Trinajstić information content (AvgIpc) is 2.58. The third kappa shape index (κ3) is 3.95. The lowest BCUT2D eigenvalue weighted by Gasteiger charge is -2.16. The van der Waals surface area contributed by atoms with Gasteiger partial charge in [-0.05, 0) is 29.3 Å². The number of ether oxygens (including phenoxy) is 2. The van der Waals surface area contributed by atoms with Crippen LogP contribution in [0.1, 0.15) is 16.7 Å². The molecule has 2 aromatic rings. The van der Waals surface area contributed by atoms with Crippen molar-refractivity contribution in [3.8, 4) is 5.75 Å². The topological polar surface area (TPSA) is 118 Å². The van der Waals surface area contributed by atoms with Crippen molar-refractivity contribution in [2.75, 3.05) is 18.6 Å². The van der Waals surface area contributed by atoms with Crippen molar-refractivity contribution in [3.05, 3.63) is 59.4 Å². The van der Waals surface area contributed by atoms with Crippen LogP contribution in [0, 0.1) is 16.6 Å². The van der Waals surface area contributed by atoms with Gasteiger partial charge in [0.15, 0.2) is 11.6 Å². The molecule has 0 unspecified atom stereocenters. The van der Waals surface area contributed by atoms with E-state index in [4.69, 9.17) is 31.8 Å². The highest BCUT2D eigenvalue weighted by molar-refractivity contribution is 6.04. The summed E-state index contributed by atoms with van der Waals surface area (Å²) in [4.78, 5) is 0. The van der Waals surface area contributed by atoms with Crippen molar-refractivity contribution in [3.63, 3.8) is 0 Å². The Hall–Kier alpha value is -3.35. The lowest BCUT2D eigenvalue weighted by molar-refractivity contribution is 0.413. The molecule has 7 heteroatoms. The SMILES string of the molecule is C=Cc1cc(C(=N)OC(=N)Cc2ccc(F)cc2)c(OC)c(N)c1N. The standard InChI is InChI=1S/C18H19FN4O2/c1-3-11-9-13(17(24-2)16(22)15(11)21)18(23)25-14(20)8-10-4-6-12(19)7-5-10/h3-7,9,20,23H,1,8,21-22H2,2H3. The molecule has 25 heavy (non-hydrogen) atoms. The molecule has 6 nitrogen and oxygen atoms in total. The molecular weight excluding hydrogens is 323 g/mol. The van der Waals surface area contributed by atoms with Crippen molar-refractivity contribution in [2.45, 2.75) is 6.42 Å². The molecule has 0 aliphatic rings. The maximum Gasteiger partial charge on any atom is 0.224 e. The minimum atomic E-state index is -0.358. The average molecular weight is 342 g/mol. The van der Waals surface area contributed by atoms with Crippen LogP contribution < -0.4 is 16.2 Å². The highest BCUT2D eigenvalue weighted by Crippen LogP contribution is 2.35. The molecule has 0 spiro atoms. The molecule has 6 N–H and O–H groups in total. The predicted molar refractivity (Wildman–Crippen MR) is 97.7 cm³/mol. The summed E-state index contributed by atoms with van der Waals surface area (Å²) in [5.41, 5.74) is 13.8. The van der Waals surface area contributed by atoms with Crippen molar-refractivity contribution in [2.24, 2.45) is 0 Å². The van der Waals surface area contributed by atoms with Crippen LogP contribution in [0.25, 0.3) is 6.08 Å². The third-order valence-electron chi connectivity index (χ3n) is 3.56. The summed E-state index contributed by atoms with van der Waals surface area (Å²) in [7, 11) is 1.40. The first-order valence-electron chi connectivity index (χ1n) is 7.34. The van der Waals surface area contributed by atoms with Gasteiger partial charge in [0.2, 0.25) is 5.90 Å². The number of nitrogens with one attached hydrogen (secondary N) is 2. The van der Waals surface area contributed by atoms with E-state index in [-0.39, 0.29) is 41.0 Å². The predicted octanol–water partition coefficient (Wildman–Crippen LogP) is 3.20. The zero-order valence-corrected chi connectivity index (χ0v) is 13.7. The Labute approximate surface area is 144 Å². The van der Waals surface area contributed by atoms with E-state index in [0.717, 1.165) is 0 Å². The molecule has 0 aromatic heterocycles. The number of methoxy groups -OCH3 is 1. The van der Waals surface area contributed by atoms with Gasteiger partial charge in [0, 0.05) is 6.42 Å². The normalized spacial score (nSPS) is 10.2. The molecule has 0 amide bonds. The highest BCUT2D eigenvalue weighted by Gasteiger charge is 2.19. The zero-order valence-electron chi connectivity index (χ0n) is 13.7. The number of anilines is 2. The maximum absolute atomic E-state index is 12.9. The number of benzene rings is 2. The van der Waals surface area contributed by atoms with Gasteiger partial charge in [0.1, 0.15) is 5.82 Å². The Bertz CT molecular complexity index is 832. The van der Waals surface area contributed by atoms with Gasteiger partial charge in [-0.2, -0.15) is 0 Å². The first-order chi connectivity index (χ1) is 11.9. The molecular formula is C18H19FN4O2. The van der Waals surface area contributed by atoms with Crippen molar-refractivity contribution >= 4 is 29.2 Å². The Morgan fingerprint density at radius 3 is 2.40 bits per heavy atom. The van der Waals surface area contributed by atoms with Crippen LogP contribution in [-0.2, 0) is 11.2 Å². The Balaban J connectivity index is 2.22. The van der Waals surface area contributed by atoms with Gasteiger partial charge in [0.25, 0.3) is 0 Å². The molecule has 2 rings (SSSR count). The largest absolute Gasteiger partial charge is 0.494 e. The summed E-state index contributed by atoms with van der Waals surface area (Å²) in [6.07, 6.45) is 1.62.